The summed E-state index contributed by atoms with van der Waals surface area (Å²) < 4.78 is 10.8. The van der Waals surface area contributed by atoms with E-state index in [0.717, 1.165) is 24.2 Å². The second-order valence-electron chi connectivity index (χ2n) is 8.81. The monoisotopic (exact) mass is 562 g/mol. The summed E-state index contributed by atoms with van der Waals surface area (Å²) in [5.41, 5.74) is 10.1. The maximum absolute atomic E-state index is 6.35. The second kappa shape index (κ2) is 12.0. The van der Waals surface area contributed by atoms with Gasteiger partial charge in [-0.15, -0.1) is 0 Å². The minimum absolute atomic E-state index is 0. The van der Waals surface area contributed by atoms with Crippen molar-refractivity contribution in [3.05, 3.63) is 70.2 Å². The lowest BCUT2D eigenvalue weighted by Gasteiger charge is -2.10. The summed E-state index contributed by atoms with van der Waals surface area (Å²) in [5, 5.41) is 1.08. The number of halogens is 2. The fourth-order valence-electron chi connectivity index (χ4n) is 4.65. The summed E-state index contributed by atoms with van der Waals surface area (Å²) in [6.45, 7) is 13.8. The number of hydrogen-bond acceptors (Lipinski definition) is 1. The lowest BCUT2D eigenvalue weighted by molar-refractivity contribution is -0.595. The van der Waals surface area contributed by atoms with Crippen molar-refractivity contribution >= 4 is 15.9 Å². The van der Waals surface area contributed by atoms with Gasteiger partial charge in [-0.05, 0) is 76.6 Å². The van der Waals surface area contributed by atoms with Gasteiger partial charge >= 0.3 is 5.88 Å². The molecule has 32 heavy (non-hydrogen) atoms. The fourth-order valence-corrected chi connectivity index (χ4v) is 5.05. The zero-order chi connectivity index (χ0) is 22.5. The SMILES string of the molecule is Cc1cc(C)c(-n2c[n+](-c3c(C)cc(C)cc3C)cc2OCCCCCCBr)c(C)c1.[Br-]. The molecule has 0 fully saturated rings. The van der Waals surface area contributed by atoms with Crippen LogP contribution in [0, 0.1) is 41.5 Å². The topological polar surface area (TPSA) is 18.0 Å². The van der Waals surface area contributed by atoms with E-state index >= 15 is 0 Å². The van der Waals surface area contributed by atoms with Crippen molar-refractivity contribution in [2.45, 2.75) is 67.2 Å². The van der Waals surface area contributed by atoms with Gasteiger partial charge in [0.15, 0.2) is 6.20 Å². The number of hydrogen-bond donors (Lipinski definition) is 0. The van der Waals surface area contributed by atoms with Crippen LogP contribution in [0.2, 0.25) is 0 Å². The van der Waals surface area contributed by atoms with Crippen molar-refractivity contribution in [1.82, 2.24) is 4.57 Å². The van der Waals surface area contributed by atoms with E-state index in [1.54, 1.807) is 0 Å². The maximum Gasteiger partial charge on any atom is 0.330 e. The highest BCUT2D eigenvalue weighted by Crippen LogP contribution is 2.27. The van der Waals surface area contributed by atoms with Crippen LogP contribution in [0.25, 0.3) is 11.4 Å². The summed E-state index contributed by atoms with van der Waals surface area (Å²) in [7, 11) is 0. The van der Waals surface area contributed by atoms with Crippen LogP contribution in [0.4, 0.5) is 0 Å². The molecule has 2 aromatic carbocycles. The average Bonchev–Trinajstić information content (AvgIpc) is 3.06. The third-order valence-corrected chi connectivity index (χ3v) is 6.34. The molecule has 0 N–H and O–H groups in total. The first-order chi connectivity index (χ1) is 14.8. The number of alkyl halides is 1. The molecule has 0 atom stereocenters. The van der Waals surface area contributed by atoms with Crippen LogP contribution in [0.15, 0.2) is 36.8 Å². The van der Waals surface area contributed by atoms with Crippen LogP contribution in [0.1, 0.15) is 59.1 Å². The Morgan fingerprint density at radius 3 is 1.88 bits per heavy atom. The Morgan fingerprint density at radius 2 is 1.31 bits per heavy atom. The second-order valence-corrected chi connectivity index (χ2v) is 9.60. The molecule has 0 saturated heterocycles. The first kappa shape index (κ1) is 26.7. The molecule has 0 aliphatic carbocycles. The highest BCUT2D eigenvalue weighted by molar-refractivity contribution is 9.09. The summed E-state index contributed by atoms with van der Waals surface area (Å²) >= 11 is 3.51. The Labute approximate surface area is 212 Å². The first-order valence-corrected chi connectivity index (χ1v) is 12.4. The average molecular weight is 564 g/mol. The molecule has 5 heteroatoms. The van der Waals surface area contributed by atoms with E-state index in [0.29, 0.717) is 0 Å². The molecule has 0 aliphatic rings. The van der Waals surface area contributed by atoms with E-state index < -0.39 is 0 Å². The number of benzene rings is 2. The Balaban J connectivity index is 0.00000363. The fraction of sp³-hybridized carbons (Fsp3) is 0.444. The lowest BCUT2D eigenvalue weighted by atomic mass is 10.0. The van der Waals surface area contributed by atoms with Gasteiger partial charge in [-0.25, -0.2) is 0 Å². The van der Waals surface area contributed by atoms with Crippen molar-refractivity contribution in [3.8, 4) is 17.3 Å². The molecule has 0 radical (unpaired) electrons. The van der Waals surface area contributed by atoms with Crippen molar-refractivity contribution in [3.63, 3.8) is 0 Å². The third kappa shape index (κ3) is 6.26. The van der Waals surface area contributed by atoms with Crippen LogP contribution >= 0.6 is 15.9 Å². The Bertz CT molecular complexity index is 1010. The van der Waals surface area contributed by atoms with Crippen LogP contribution in [0.3, 0.4) is 0 Å². The molecule has 0 aliphatic heterocycles. The van der Waals surface area contributed by atoms with Crippen LogP contribution in [-0.2, 0) is 0 Å². The molecular formula is C27H36Br2N2O. The molecule has 0 saturated carbocycles. The van der Waals surface area contributed by atoms with Gasteiger partial charge in [-0.1, -0.05) is 64.2 Å². The molecule has 0 bridgehead atoms. The molecule has 0 spiro atoms. The predicted molar refractivity (Wildman–Crippen MR) is 133 cm³/mol. The molecule has 174 valence electrons. The van der Waals surface area contributed by atoms with Crippen molar-refractivity contribution < 1.29 is 26.3 Å². The molecular weight excluding hydrogens is 528 g/mol. The summed E-state index contributed by atoms with van der Waals surface area (Å²) in [5.74, 6) is 0.898. The quantitative estimate of drug-likeness (QED) is 0.219. The summed E-state index contributed by atoms with van der Waals surface area (Å²) in [6.07, 6.45) is 9.06. The number of imidazole rings is 1. The lowest BCUT2D eigenvalue weighted by Crippen LogP contribution is -3.00. The Hall–Kier alpha value is -1.59. The maximum atomic E-state index is 6.35. The van der Waals surface area contributed by atoms with Crippen molar-refractivity contribution in [1.29, 1.82) is 0 Å². The van der Waals surface area contributed by atoms with Gasteiger partial charge in [-0.3, -0.25) is 0 Å². The van der Waals surface area contributed by atoms with Gasteiger partial charge in [0.05, 0.1) is 6.61 Å². The molecule has 1 aromatic heterocycles. The zero-order valence-electron chi connectivity index (χ0n) is 20.3. The van der Waals surface area contributed by atoms with Gasteiger partial charge in [-0.2, -0.15) is 9.13 Å². The first-order valence-electron chi connectivity index (χ1n) is 11.3. The summed E-state index contributed by atoms with van der Waals surface area (Å²) in [6, 6.07) is 9.00. The van der Waals surface area contributed by atoms with Gasteiger partial charge in [0, 0.05) is 5.33 Å². The number of ether oxygens (including phenoxy) is 1. The van der Waals surface area contributed by atoms with E-state index in [1.807, 2.05) is 0 Å². The zero-order valence-corrected chi connectivity index (χ0v) is 23.4. The minimum Gasteiger partial charge on any atom is -1.00 e. The van der Waals surface area contributed by atoms with Gasteiger partial charge in [0.25, 0.3) is 6.33 Å². The Morgan fingerprint density at radius 1 is 0.781 bits per heavy atom. The van der Waals surface area contributed by atoms with Gasteiger partial charge in [0.1, 0.15) is 11.4 Å². The van der Waals surface area contributed by atoms with E-state index in [1.165, 1.54) is 64.0 Å². The van der Waals surface area contributed by atoms with E-state index in [9.17, 15) is 0 Å². The largest absolute Gasteiger partial charge is 1.00 e. The molecule has 0 unspecified atom stereocenters. The van der Waals surface area contributed by atoms with E-state index in [-0.39, 0.29) is 17.0 Å². The Kier molecular flexibility index (Phi) is 10.0. The van der Waals surface area contributed by atoms with Crippen LogP contribution in [0.5, 0.6) is 5.88 Å². The van der Waals surface area contributed by atoms with E-state index in [2.05, 4.69) is 103 Å². The van der Waals surface area contributed by atoms with Gasteiger partial charge < -0.3 is 21.7 Å². The number of aryl methyl sites for hydroxylation is 6. The third-order valence-electron chi connectivity index (χ3n) is 5.77. The summed E-state index contributed by atoms with van der Waals surface area (Å²) in [4.78, 5) is 0. The standard InChI is InChI=1S/C27H36BrN2O.BrH/c1-19-13-21(3)26(22(4)14-19)29-17-25(31-12-10-8-7-9-11-28)30(18-29)27-23(5)15-20(2)16-24(27)6;/h13-18H,7-12H2,1-6H3;1H/q+1;/p-1. The normalized spacial score (nSPS) is 10.8. The van der Waals surface area contributed by atoms with Crippen molar-refractivity contribution in [2.24, 2.45) is 0 Å². The highest BCUT2D eigenvalue weighted by Gasteiger charge is 2.23. The predicted octanol–water partition coefficient (Wildman–Crippen LogP) is 3.94. The van der Waals surface area contributed by atoms with Crippen LogP contribution < -0.4 is 26.3 Å². The smallest absolute Gasteiger partial charge is 0.330 e. The van der Waals surface area contributed by atoms with Gasteiger partial charge in [0.2, 0.25) is 0 Å². The highest BCUT2D eigenvalue weighted by atomic mass is 79.9. The number of nitrogens with zero attached hydrogens (tertiary/aromatic N) is 2. The molecule has 3 rings (SSSR count). The van der Waals surface area contributed by atoms with Crippen LogP contribution in [-0.4, -0.2) is 16.5 Å². The molecule has 3 nitrogen and oxygen atoms in total. The van der Waals surface area contributed by atoms with E-state index in [4.69, 9.17) is 4.74 Å². The molecule has 0 amide bonds. The number of unbranched alkanes of at least 4 members (excludes halogenated alkanes) is 3. The molecule has 3 aromatic rings. The number of aromatic nitrogens is 2. The number of rotatable bonds is 9. The molecule has 1 heterocycles. The van der Waals surface area contributed by atoms with Crippen molar-refractivity contribution in [2.75, 3.05) is 11.9 Å². The minimum atomic E-state index is 0.